The third kappa shape index (κ3) is 1.35. The molecule has 0 amide bonds. The highest BCUT2D eigenvalue weighted by Gasteiger charge is 2.18. The minimum absolute atomic E-state index is 0.991. The van der Waals surface area contributed by atoms with Crippen LogP contribution in [0.15, 0.2) is 24.3 Å². The van der Waals surface area contributed by atoms with Gasteiger partial charge in [0.05, 0.1) is 17.6 Å². The molecule has 2 aromatic rings. The molecule has 3 rings (SSSR count). The molecular weight excluding hydrogens is 186 g/mol. The van der Waals surface area contributed by atoms with E-state index >= 15 is 0 Å². The first-order chi connectivity index (χ1) is 7.38. The Kier molecular flexibility index (Phi) is 1.99. The van der Waals surface area contributed by atoms with Gasteiger partial charge in [-0.2, -0.15) is 0 Å². The topological polar surface area (TPSA) is 21.1 Å². The predicted molar refractivity (Wildman–Crippen MR) is 60.7 cm³/mol. The zero-order valence-electron chi connectivity index (χ0n) is 8.98. The van der Waals surface area contributed by atoms with E-state index in [1.807, 2.05) is 0 Å². The highest BCUT2D eigenvalue weighted by molar-refractivity contribution is 5.75. The Morgan fingerprint density at radius 1 is 1.27 bits per heavy atom. The first kappa shape index (κ1) is 8.92. The van der Waals surface area contributed by atoms with Gasteiger partial charge in [0.15, 0.2) is 0 Å². The fraction of sp³-hybridized carbons (Fsp3) is 0.417. The molecule has 0 radical (unpaired) electrons. The van der Waals surface area contributed by atoms with Crippen LogP contribution in [0.25, 0.3) is 11.0 Å². The molecule has 1 aromatic heterocycles. The molecule has 3 nitrogen and oxygen atoms in total. The lowest BCUT2D eigenvalue weighted by Gasteiger charge is -2.26. The van der Waals surface area contributed by atoms with Gasteiger partial charge in [0, 0.05) is 13.1 Å². The lowest BCUT2D eigenvalue weighted by atomic mass is 10.3. The molecule has 0 saturated carbocycles. The van der Waals surface area contributed by atoms with Crippen LogP contribution in [0.2, 0.25) is 0 Å². The summed E-state index contributed by atoms with van der Waals surface area (Å²) in [5.74, 6) is 1.21. The maximum atomic E-state index is 4.67. The third-order valence-corrected chi connectivity index (χ3v) is 3.19. The van der Waals surface area contributed by atoms with Crippen LogP contribution in [-0.4, -0.2) is 27.5 Å². The van der Waals surface area contributed by atoms with Crippen molar-refractivity contribution in [3.63, 3.8) is 0 Å². The Labute approximate surface area is 89.3 Å². The number of rotatable bonds is 1. The van der Waals surface area contributed by atoms with Gasteiger partial charge < -0.3 is 4.57 Å². The first-order valence-corrected chi connectivity index (χ1v) is 5.55. The van der Waals surface area contributed by atoms with E-state index in [0.29, 0.717) is 0 Å². The van der Waals surface area contributed by atoms with E-state index in [-0.39, 0.29) is 0 Å². The monoisotopic (exact) mass is 201 g/mol. The summed E-state index contributed by atoms with van der Waals surface area (Å²) in [6.45, 7) is 6.53. The van der Waals surface area contributed by atoms with Crippen molar-refractivity contribution in [2.24, 2.45) is 0 Å². The number of fused-ring (bicyclic) bond motifs is 3. The second-order valence-electron chi connectivity index (χ2n) is 4.04. The average Bonchev–Trinajstić information content (AvgIpc) is 2.66. The fourth-order valence-corrected chi connectivity index (χ4v) is 2.29. The molecule has 78 valence electrons. The van der Waals surface area contributed by atoms with Crippen LogP contribution in [0.3, 0.4) is 0 Å². The number of imidazole rings is 1. The molecule has 3 heteroatoms. The normalized spacial score (nSPS) is 16.9. The number of benzene rings is 1. The highest BCUT2D eigenvalue weighted by atomic mass is 15.2. The maximum absolute atomic E-state index is 4.67. The van der Waals surface area contributed by atoms with Gasteiger partial charge in [0.25, 0.3) is 0 Å². The van der Waals surface area contributed by atoms with Gasteiger partial charge in [-0.25, -0.2) is 4.98 Å². The number of likely N-dealkylation sites (N-methyl/N-ethyl adjacent to an activating group) is 1. The van der Waals surface area contributed by atoms with E-state index in [4.69, 9.17) is 0 Å². The molecule has 0 bridgehead atoms. The van der Waals surface area contributed by atoms with E-state index in [1.165, 1.54) is 11.3 Å². The molecule has 0 aliphatic carbocycles. The van der Waals surface area contributed by atoms with Crippen molar-refractivity contribution in [1.29, 1.82) is 0 Å². The Balaban J connectivity index is 2.12. The maximum Gasteiger partial charge on any atom is 0.124 e. The lowest BCUT2D eigenvalue weighted by molar-refractivity contribution is 0.230. The zero-order chi connectivity index (χ0) is 10.3. The van der Waals surface area contributed by atoms with E-state index in [1.54, 1.807) is 0 Å². The van der Waals surface area contributed by atoms with Gasteiger partial charge in [-0.05, 0) is 18.7 Å². The summed E-state index contributed by atoms with van der Waals surface area (Å²) < 4.78 is 2.35. The van der Waals surface area contributed by atoms with E-state index in [9.17, 15) is 0 Å². The molecular formula is C12H15N3. The highest BCUT2D eigenvalue weighted by Crippen LogP contribution is 2.20. The van der Waals surface area contributed by atoms with Crippen molar-refractivity contribution < 1.29 is 0 Å². The number of hydrogen-bond acceptors (Lipinski definition) is 2. The fourth-order valence-electron chi connectivity index (χ4n) is 2.29. The summed E-state index contributed by atoms with van der Waals surface area (Å²) in [5, 5.41) is 0. The summed E-state index contributed by atoms with van der Waals surface area (Å²) in [5.41, 5.74) is 2.41. The molecule has 15 heavy (non-hydrogen) atoms. The van der Waals surface area contributed by atoms with Crippen LogP contribution < -0.4 is 0 Å². The van der Waals surface area contributed by atoms with Gasteiger partial charge in [0.1, 0.15) is 5.82 Å². The quantitative estimate of drug-likeness (QED) is 0.702. The molecule has 0 N–H and O–H groups in total. The second-order valence-corrected chi connectivity index (χ2v) is 4.04. The first-order valence-electron chi connectivity index (χ1n) is 5.55. The standard InChI is InChI=1S/C12H15N3/c1-2-14-7-8-15-11-6-4-3-5-10(11)13-12(15)9-14/h3-6H,2,7-9H2,1H3. The van der Waals surface area contributed by atoms with E-state index in [2.05, 4.69) is 45.6 Å². The van der Waals surface area contributed by atoms with Gasteiger partial charge in [-0.1, -0.05) is 19.1 Å². The number of para-hydroxylation sites is 2. The summed E-state index contributed by atoms with van der Waals surface area (Å²) >= 11 is 0. The Hall–Kier alpha value is -1.35. The van der Waals surface area contributed by atoms with Crippen molar-refractivity contribution in [2.75, 3.05) is 13.1 Å². The molecule has 0 atom stereocenters. The zero-order valence-corrected chi connectivity index (χ0v) is 8.98. The number of nitrogens with zero attached hydrogens (tertiary/aromatic N) is 3. The molecule has 0 spiro atoms. The lowest BCUT2D eigenvalue weighted by Crippen LogP contribution is -2.33. The predicted octanol–water partition coefficient (Wildman–Crippen LogP) is 1.87. The Morgan fingerprint density at radius 2 is 2.13 bits per heavy atom. The van der Waals surface area contributed by atoms with Crippen LogP contribution in [0, 0.1) is 0 Å². The Morgan fingerprint density at radius 3 is 3.00 bits per heavy atom. The van der Waals surface area contributed by atoms with Crippen LogP contribution >= 0.6 is 0 Å². The van der Waals surface area contributed by atoms with E-state index < -0.39 is 0 Å². The van der Waals surface area contributed by atoms with Crippen molar-refractivity contribution in [3.05, 3.63) is 30.1 Å². The van der Waals surface area contributed by atoms with Crippen molar-refractivity contribution in [3.8, 4) is 0 Å². The molecule has 0 unspecified atom stereocenters. The Bertz CT molecular complexity index is 487. The van der Waals surface area contributed by atoms with Crippen LogP contribution in [0.4, 0.5) is 0 Å². The van der Waals surface area contributed by atoms with Gasteiger partial charge in [-0.3, -0.25) is 4.90 Å². The van der Waals surface area contributed by atoms with Crippen molar-refractivity contribution in [2.45, 2.75) is 20.0 Å². The largest absolute Gasteiger partial charge is 0.326 e. The summed E-state index contributed by atoms with van der Waals surface area (Å²) in [6.07, 6.45) is 0. The summed E-state index contributed by atoms with van der Waals surface area (Å²) in [6, 6.07) is 8.40. The minimum Gasteiger partial charge on any atom is -0.326 e. The summed E-state index contributed by atoms with van der Waals surface area (Å²) in [4.78, 5) is 7.10. The van der Waals surface area contributed by atoms with Crippen LogP contribution in [0.1, 0.15) is 12.7 Å². The second kappa shape index (κ2) is 3.35. The smallest absolute Gasteiger partial charge is 0.124 e. The molecule has 0 fully saturated rings. The third-order valence-electron chi connectivity index (χ3n) is 3.19. The number of hydrogen-bond donors (Lipinski definition) is 0. The minimum atomic E-state index is 0.991. The van der Waals surface area contributed by atoms with Gasteiger partial charge in [-0.15, -0.1) is 0 Å². The van der Waals surface area contributed by atoms with E-state index in [0.717, 1.165) is 31.7 Å². The van der Waals surface area contributed by atoms with Crippen LogP contribution in [0.5, 0.6) is 0 Å². The van der Waals surface area contributed by atoms with Crippen molar-refractivity contribution in [1.82, 2.24) is 14.5 Å². The van der Waals surface area contributed by atoms with Gasteiger partial charge >= 0.3 is 0 Å². The molecule has 1 aromatic carbocycles. The summed E-state index contributed by atoms with van der Waals surface area (Å²) in [7, 11) is 0. The molecule has 1 aliphatic rings. The van der Waals surface area contributed by atoms with Gasteiger partial charge in [0.2, 0.25) is 0 Å². The number of aromatic nitrogens is 2. The molecule has 2 heterocycles. The molecule has 1 aliphatic heterocycles. The average molecular weight is 201 g/mol. The van der Waals surface area contributed by atoms with Crippen LogP contribution in [-0.2, 0) is 13.1 Å². The van der Waals surface area contributed by atoms with Crippen molar-refractivity contribution >= 4 is 11.0 Å². The molecule has 0 saturated heterocycles. The SMILES string of the molecule is CCN1CCn2c(nc3ccccc32)C1.